The Morgan fingerprint density at radius 2 is 2.08 bits per heavy atom. The van der Waals surface area contributed by atoms with Crippen molar-refractivity contribution in [2.75, 3.05) is 11.9 Å². The van der Waals surface area contributed by atoms with Gasteiger partial charge in [-0.25, -0.2) is 10.2 Å². The molecule has 0 aliphatic carbocycles. The number of nitrogens with one attached hydrogen (secondary N) is 2. The number of halogens is 3. The van der Waals surface area contributed by atoms with Gasteiger partial charge in [0.15, 0.2) is 0 Å². The minimum absolute atomic E-state index is 0.414. The van der Waals surface area contributed by atoms with Crippen molar-refractivity contribution >= 4 is 72.4 Å². The van der Waals surface area contributed by atoms with Crippen LogP contribution in [0.25, 0.3) is 0 Å². The number of aryl methyl sites for hydroxylation is 1. The molecule has 5 nitrogen and oxygen atoms in total. The van der Waals surface area contributed by atoms with Crippen LogP contribution in [0.5, 0.6) is 5.75 Å². The molecule has 2 aromatic rings. The van der Waals surface area contributed by atoms with Crippen molar-refractivity contribution in [1.82, 2.24) is 5.43 Å². The van der Waals surface area contributed by atoms with Crippen molar-refractivity contribution in [1.29, 1.82) is 0 Å². The molecule has 0 spiro atoms. The van der Waals surface area contributed by atoms with Crippen LogP contribution < -0.4 is 15.5 Å². The van der Waals surface area contributed by atoms with Crippen LogP contribution in [0.4, 0.5) is 10.5 Å². The molecular weight excluding hydrogens is 577 g/mol. The van der Waals surface area contributed by atoms with E-state index in [9.17, 15) is 4.79 Å². The first-order valence-electron chi connectivity index (χ1n) is 7.49. The summed E-state index contributed by atoms with van der Waals surface area (Å²) in [4.78, 5) is 11.9. The number of carbonyl (C=O) groups excluding carboxylic acids is 1. The molecule has 0 saturated carbocycles. The van der Waals surface area contributed by atoms with E-state index in [0.29, 0.717) is 12.3 Å². The molecule has 0 saturated heterocycles. The Morgan fingerprint density at radius 3 is 2.73 bits per heavy atom. The van der Waals surface area contributed by atoms with Crippen LogP contribution in [0.3, 0.4) is 0 Å². The summed E-state index contributed by atoms with van der Waals surface area (Å²) in [6, 6.07) is 8.91. The average Bonchev–Trinajstić information content (AvgIpc) is 2.57. The van der Waals surface area contributed by atoms with E-state index in [4.69, 9.17) is 4.74 Å². The largest absolute Gasteiger partial charge is 0.487 e. The van der Waals surface area contributed by atoms with Crippen molar-refractivity contribution in [3.8, 4) is 5.75 Å². The third kappa shape index (κ3) is 6.10. The van der Waals surface area contributed by atoms with Crippen LogP contribution in [0, 0.1) is 10.5 Å². The van der Waals surface area contributed by atoms with Gasteiger partial charge >= 0.3 is 6.03 Å². The lowest BCUT2D eigenvalue weighted by Gasteiger charge is -2.09. The fourth-order valence-corrected chi connectivity index (χ4v) is 4.00. The fourth-order valence-electron chi connectivity index (χ4n) is 1.98. The summed E-state index contributed by atoms with van der Waals surface area (Å²) in [6.45, 7) is 6.02. The second-order valence-corrected chi connectivity index (χ2v) is 8.07. The summed E-state index contributed by atoms with van der Waals surface area (Å²) < 4.78 is 8.32. The standard InChI is InChI=1S/C18H16Br2IN3O2/c1-3-6-26-17-15(20)8-12(9-16(17)21)10-22-24-18(25)23-13-4-5-14(19)11(2)7-13/h3-5,7-10H,1,6H2,2H3,(H2,23,24,25)/b22-10+. The fraction of sp³-hybridized carbons (Fsp3) is 0.111. The minimum Gasteiger partial charge on any atom is -0.487 e. The lowest BCUT2D eigenvalue weighted by atomic mass is 10.2. The maximum atomic E-state index is 11.9. The average molecular weight is 593 g/mol. The molecule has 0 atom stereocenters. The molecule has 136 valence electrons. The molecule has 0 fully saturated rings. The van der Waals surface area contributed by atoms with Crippen LogP contribution in [-0.2, 0) is 0 Å². The van der Waals surface area contributed by atoms with Gasteiger partial charge in [0.05, 0.1) is 14.3 Å². The Hall–Kier alpha value is -1.39. The van der Waals surface area contributed by atoms with E-state index >= 15 is 0 Å². The number of nitrogens with zero attached hydrogens (tertiary/aromatic N) is 1. The Kier molecular flexibility index (Phi) is 8.11. The van der Waals surface area contributed by atoms with E-state index in [1.54, 1.807) is 12.3 Å². The summed E-state index contributed by atoms with van der Waals surface area (Å²) in [5.74, 6) is 0.749. The van der Waals surface area contributed by atoms with Gasteiger partial charge in [-0.3, -0.25) is 0 Å². The number of hydrogen-bond acceptors (Lipinski definition) is 3. The second kappa shape index (κ2) is 10.1. The summed E-state index contributed by atoms with van der Waals surface area (Å²) in [5, 5.41) is 6.70. The van der Waals surface area contributed by atoms with E-state index in [2.05, 4.69) is 76.9 Å². The molecule has 0 heterocycles. The number of hydrogen-bond donors (Lipinski definition) is 2. The van der Waals surface area contributed by atoms with E-state index in [0.717, 1.165) is 29.4 Å². The van der Waals surface area contributed by atoms with Crippen LogP contribution in [0.1, 0.15) is 11.1 Å². The summed E-state index contributed by atoms with van der Waals surface area (Å²) in [6.07, 6.45) is 3.25. The van der Waals surface area contributed by atoms with Gasteiger partial charge in [-0.15, -0.1) is 0 Å². The quantitative estimate of drug-likeness (QED) is 0.191. The Bertz CT molecular complexity index is 833. The summed E-state index contributed by atoms with van der Waals surface area (Å²) in [5.41, 5.74) is 5.00. The number of anilines is 1. The van der Waals surface area contributed by atoms with Crippen molar-refractivity contribution in [3.05, 3.63) is 66.6 Å². The molecule has 2 aromatic carbocycles. The Morgan fingerprint density at radius 1 is 1.31 bits per heavy atom. The maximum absolute atomic E-state index is 11.9. The first-order valence-corrected chi connectivity index (χ1v) is 10.2. The van der Waals surface area contributed by atoms with Crippen molar-refractivity contribution in [3.63, 3.8) is 0 Å². The highest BCUT2D eigenvalue weighted by Gasteiger charge is 2.08. The van der Waals surface area contributed by atoms with Gasteiger partial charge < -0.3 is 10.1 Å². The molecule has 2 amide bonds. The molecule has 8 heteroatoms. The van der Waals surface area contributed by atoms with Gasteiger partial charge in [-0.05, 0) is 86.9 Å². The van der Waals surface area contributed by atoms with Gasteiger partial charge in [0.2, 0.25) is 0 Å². The third-order valence-corrected chi connectivity index (χ3v) is 5.44. The Balaban J connectivity index is 1.98. The van der Waals surface area contributed by atoms with Crippen molar-refractivity contribution in [2.45, 2.75) is 6.92 Å². The molecule has 2 rings (SSSR count). The van der Waals surface area contributed by atoms with E-state index in [-0.39, 0.29) is 0 Å². The summed E-state index contributed by atoms with van der Waals surface area (Å²) >= 11 is 9.08. The summed E-state index contributed by atoms with van der Waals surface area (Å²) in [7, 11) is 0. The number of carbonyl (C=O) groups is 1. The predicted octanol–water partition coefficient (Wildman–Crippen LogP) is 5.85. The molecule has 0 aliphatic heterocycles. The van der Waals surface area contributed by atoms with Gasteiger partial charge in [-0.2, -0.15) is 5.10 Å². The molecule has 0 bridgehead atoms. The van der Waals surface area contributed by atoms with Crippen molar-refractivity contribution in [2.24, 2.45) is 5.10 Å². The number of rotatable bonds is 6. The molecule has 0 aliphatic rings. The number of hydrazone groups is 1. The maximum Gasteiger partial charge on any atom is 0.339 e. The topological polar surface area (TPSA) is 62.7 Å². The van der Waals surface area contributed by atoms with E-state index in [1.807, 2.05) is 37.3 Å². The van der Waals surface area contributed by atoms with E-state index in [1.165, 1.54) is 0 Å². The third-order valence-electron chi connectivity index (χ3n) is 3.16. The number of benzene rings is 2. The zero-order valence-corrected chi connectivity index (χ0v) is 19.2. The normalized spacial score (nSPS) is 10.6. The zero-order valence-electron chi connectivity index (χ0n) is 13.9. The Labute approximate surface area is 182 Å². The monoisotopic (exact) mass is 591 g/mol. The van der Waals surface area contributed by atoms with Crippen LogP contribution >= 0.6 is 54.5 Å². The van der Waals surface area contributed by atoms with Gasteiger partial charge in [0.25, 0.3) is 0 Å². The highest BCUT2D eigenvalue weighted by molar-refractivity contribution is 14.1. The lowest BCUT2D eigenvalue weighted by molar-refractivity contribution is 0.252. The highest BCUT2D eigenvalue weighted by Crippen LogP contribution is 2.31. The molecular formula is C18H16Br2IN3O2. The van der Waals surface area contributed by atoms with Crippen LogP contribution in [-0.4, -0.2) is 18.9 Å². The van der Waals surface area contributed by atoms with Gasteiger partial charge in [0, 0.05) is 10.2 Å². The van der Waals surface area contributed by atoms with Crippen LogP contribution in [0.2, 0.25) is 0 Å². The molecule has 0 aromatic heterocycles. The first-order chi connectivity index (χ1) is 12.4. The number of ether oxygens (including phenoxy) is 1. The zero-order chi connectivity index (χ0) is 19.1. The second-order valence-electron chi connectivity index (χ2n) is 5.20. The molecule has 26 heavy (non-hydrogen) atoms. The van der Waals surface area contributed by atoms with Crippen LogP contribution in [0.15, 0.2) is 57.0 Å². The number of urea groups is 1. The smallest absolute Gasteiger partial charge is 0.339 e. The minimum atomic E-state index is -0.414. The van der Waals surface area contributed by atoms with Gasteiger partial charge in [0.1, 0.15) is 12.4 Å². The number of amides is 2. The van der Waals surface area contributed by atoms with Gasteiger partial charge in [-0.1, -0.05) is 28.6 Å². The molecule has 2 N–H and O–H groups in total. The SMILES string of the molecule is C=CCOc1c(Br)cc(/C=N/NC(=O)Nc2ccc(Br)c(C)c2)cc1I. The highest BCUT2D eigenvalue weighted by atomic mass is 127. The molecule has 0 radical (unpaired) electrons. The van der Waals surface area contributed by atoms with Crippen molar-refractivity contribution < 1.29 is 9.53 Å². The first kappa shape index (κ1) is 20.9. The lowest BCUT2D eigenvalue weighted by Crippen LogP contribution is -2.24. The van der Waals surface area contributed by atoms with E-state index < -0.39 is 6.03 Å². The molecule has 0 unspecified atom stereocenters. The predicted molar refractivity (Wildman–Crippen MR) is 121 cm³/mol.